The molecule has 9 heteroatoms. The Balaban J connectivity index is 3.93. The Morgan fingerprint density at radius 3 is 0.841 bits per heavy atom. The largest absolute Gasteiger partial charge is 0.477 e. The fourth-order valence-electron chi connectivity index (χ4n) is 12.3. The van der Waals surface area contributed by atoms with Crippen LogP contribution in [0.2, 0.25) is 0 Å². The minimum absolute atomic E-state index is 0.173. The summed E-state index contributed by atoms with van der Waals surface area (Å²) >= 11 is 0. The number of likely N-dealkylation sites (N-methyl/N-ethyl adjacent to an activating group) is 1. The van der Waals surface area contributed by atoms with Crippen LogP contribution < -0.4 is 0 Å². The summed E-state index contributed by atoms with van der Waals surface area (Å²) in [6.45, 7) is 4.97. The maximum Gasteiger partial charge on any atom is 0.361 e. The minimum atomic E-state index is -1.51. The first kappa shape index (κ1) is 86.0. The third-order valence-corrected chi connectivity index (χ3v) is 18.3. The van der Waals surface area contributed by atoms with Crippen LogP contribution in [0.4, 0.5) is 0 Å². The van der Waals surface area contributed by atoms with Crippen LogP contribution in [0.1, 0.15) is 418 Å². The second-order valence-electron chi connectivity index (χ2n) is 28.4. The van der Waals surface area contributed by atoms with Crippen molar-refractivity contribution in [3.63, 3.8) is 0 Å². The quantitative estimate of drug-likeness (QED) is 0.0211. The highest BCUT2D eigenvalue weighted by molar-refractivity contribution is 5.71. The molecule has 0 aromatic rings. The first-order valence-corrected chi connectivity index (χ1v) is 39.4. The molecule has 0 aromatic heterocycles. The Hall–Kier alpha value is -1.97. The normalized spacial score (nSPS) is 12.6. The zero-order valence-corrected chi connectivity index (χ0v) is 59.9. The standard InChI is InChI=1S/C79H153NO8/c1-6-8-10-12-14-16-18-20-22-24-26-28-30-32-33-34-35-36-37-38-39-40-41-42-43-44-45-46-48-50-52-54-56-58-60-62-64-66-68-70-77(82)88-75(74-87-79(78(83)84)85-72-71-80(3,4)5)73-86-76(81)69-67-65-63-61-59-57-55-53-51-49-47-31-29-27-25-23-21-19-17-15-13-11-9-7-2/h24,26,75,79H,6-23,25,27-74H2,1-5H3/p+1/b26-24-. The topological polar surface area (TPSA) is 108 Å². The van der Waals surface area contributed by atoms with Crippen LogP contribution in [0, 0.1) is 0 Å². The van der Waals surface area contributed by atoms with Gasteiger partial charge in [0.15, 0.2) is 6.10 Å². The van der Waals surface area contributed by atoms with Crippen LogP contribution in [-0.2, 0) is 33.3 Å². The van der Waals surface area contributed by atoms with Gasteiger partial charge in [0.1, 0.15) is 13.2 Å². The molecular formula is C79H154NO8+. The van der Waals surface area contributed by atoms with Gasteiger partial charge in [-0.05, 0) is 38.5 Å². The van der Waals surface area contributed by atoms with E-state index < -0.39 is 18.4 Å². The number of carbonyl (C=O) groups excluding carboxylic acids is 2. The van der Waals surface area contributed by atoms with Crippen molar-refractivity contribution in [3.05, 3.63) is 12.2 Å². The number of rotatable bonds is 75. The van der Waals surface area contributed by atoms with Crippen molar-refractivity contribution >= 4 is 17.9 Å². The highest BCUT2D eigenvalue weighted by Crippen LogP contribution is 2.20. The summed E-state index contributed by atoms with van der Waals surface area (Å²) in [5.41, 5.74) is 0. The van der Waals surface area contributed by atoms with Crippen molar-refractivity contribution in [2.45, 2.75) is 431 Å². The molecule has 0 fully saturated rings. The highest BCUT2D eigenvalue weighted by Gasteiger charge is 2.25. The van der Waals surface area contributed by atoms with Crippen LogP contribution in [-0.4, -0.2) is 87.4 Å². The maximum atomic E-state index is 13.0. The number of unbranched alkanes of at least 4 members (excludes halogenated alkanes) is 58. The number of nitrogens with zero attached hydrogens (tertiary/aromatic N) is 1. The SMILES string of the molecule is CCCCCCCCCC/C=C\CCCCCCCCCCCCCCCCCCCCCCCCCCCCCC(=O)OC(COC(=O)CCCCCCCCCCCCCCCCCCCCCCCCCC)COC(OCC[N+](C)(C)C)C(=O)O. The first-order chi connectivity index (χ1) is 43.1. The Kier molecular flexibility index (Phi) is 69.3. The van der Waals surface area contributed by atoms with Crippen LogP contribution in [0.3, 0.4) is 0 Å². The van der Waals surface area contributed by atoms with Crippen molar-refractivity contribution in [1.82, 2.24) is 0 Å². The van der Waals surface area contributed by atoms with Crippen molar-refractivity contribution in [1.29, 1.82) is 0 Å². The number of ether oxygens (including phenoxy) is 4. The number of esters is 2. The van der Waals surface area contributed by atoms with Gasteiger partial charge in [-0.2, -0.15) is 0 Å². The number of allylic oxidation sites excluding steroid dienone is 2. The van der Waals surface area contributed by atoms with Crippen molar-refractivity contribution in [2.24, 2.45) is 0 Å². The van der Waals surface area contributed by atoms with E-state index in [2.05, 4.69) is 26.0 Å². The molecule has 2 unspecified atom stereocenters. The van der Waals surface area contributed by atoms with E-state index in [0.29, 0.717) is 17.4 Å². The molecule has 0 spiro atoms. The Bertz CT molecular complexity index is 1450. The number of carboxylic acid groups (broad SMARTS) is 1. The summed E-state index contributed by atoms with van der Waals surface area (Å²) in [5, 5.41) is 9.76. The summed E-state index contributed by atoms with van der Waals surface area (Å²) in [7, 11) is 6.00. The predicted octanol–water partition coefficient (Wildman–Crippen LogP) is 24.8. The van der Waals surface area contributed by atoms with E-state index in [1.807, 2.05) is 21.1 Å². The molecule has 2 atom stereocenters. The second-order valence-corrected chi connectivity index (χ2v) is 28.4. The molecule has 0 aliphatic carbocycles. The predicted molar refractivity (Wildman–Crippen MR) is 378 cm³/mol. The molecule has 9 nitrogen and oxygen atoms in total. The fraction of sp³-hybridized carbons (Fsp3) is 0.937. The average molecular weight is 1250 g/mol. The maximum absolute atomic E-state index is 13.0. The van der Waals surface area contributed by atoms with Gasteiger partial charge in [-0.25, -0.2) is 4.79 Å². The van der Waals surface area contributed by atoms with Gasteiger partial charge in [0, 0.05) is 12.8 Å². The summed E-state index contributed by atoms with van der Waals surface area (Å²) in [4.78, 5) is 37.7. The number of carbonyl (C=O) groups is 3. The molecule has 0 radical (unpaired) electrons. The van der Waals surface area contributed by atoms with Gasteiger partial charge in [-0.3, -0.25) is 9.59 Å². The van der Waals surface area contributed by atoms with Crippen LogP contribution in [0.15, 0.2) is 12.2 Å². The van der Waals surface area contributed by atoms with Gasteiger partial charge < -0.3 is 28.5 Å². The third kappa shape index (κ3) is 71.5. The zero-order chi connectivity index (χ0) is 64.0. The summed E-state index contributed by atoms with van der Waals surface area (Å²) in [6, 6.07) is 0. The molecule has 0 aliphatic rings. The van der Waals surface area contributed by atoms with Crippen molar-refractivity contribution in [3.8, 4) is 0 Å². The van der Waals surface area contributed by atoms with Crippen LogP contribution >= 0.6 is 0 Å². The molecule has 0 bridgehead atoms. The first-order valence-electron chi connectivity index (χ1n) is 39.4. The van der Waals surface area contributed by atoms with E-state index in [9.17, 15) is 19.5 Å². The number of carboxylic acids is 1. The molecule has 0 aromatic carbocycles. The Labute approximate surface area is 548 Å². The molecule has 0 amide bonds. The lowest BCUT2D eigenvalue weighted by Gasteiger charge is -2.25. The lowest BCUT2D eigenvalue weighted by atomic mass is 10.0. The second kappa shape index (κ2) is 70.9. The molecular weight excluding hydrogens is 1090 g/mol. The van der Waals surface area contributed by atoms with E-state index >= 15 is 0 Å². The Morgan fingerprint density at radius 1 is 0.330 bits per heavy atom. The smallest absolute Gasteiger partial charge is 0.361 e. The average Bonchev–Trinajstić information content (AvgIpc) is 3.52. The van der Waals surface area contributed by atoms with Gasteiger partial charge in [0.2, 0.25) is 0 Å². The van der Waals surface area contributed by atoms with Gasteiger partial charge in [0.25, 0.3) is 6.29 Å². The van der Waals surface area contributed by atoms with E-state index in [1.54, 1.807) is 0 Å². The highest BCUT2D eigenvalue weighted by atomic mass is 16.7. The van der Waals surface area contributed by atoms with Crippen LogP contribution in [0.5, 0.6) is 0 Å². The van der Waals surface area contributed by atoms with Crippen molar-refractivity contribution < 1.29 is 42.9 Å². The summed E-state index contributed by atoms with van der Waals surface area (Å²) in [5.74, 6) is -1.96. The molecule has 0 heterocycles. The number of aliphatic carboxylic acids is 1. The third-order valence-electron chi connectivity index (χ3n) is 18.3. The number of hydrogen-bond acceptors (Lipinski definition) is 7. The van der Waals surface area contributed by atoms with E-state index in [1.165, 1.54) is 353 Å². The van der Waals surface area contributed by atoms with Gasteiger partial charge in [0.05, 0.1) is 34.4 Å². The fourth-order valence-corrected chi connectivity index (χ4v) is 12.3. The summed E-state index contributed by atoms with van der Waals surface area (Å²) < 4.78 is 23.0. The van der Waals surface area contributed by atoms with E-state index in [0.717, 1.165) is 38.5 Å². The Morgan fingerprint density at radius 2 is 0.580 bits per heavy atom. The van der Waals surface area contributed by atoms with Gasteiger partial charge in [-0.1, -0.05) is 379 Å². The molecule has 522 valence electrons. The molecule has 0 saturated carbocycles. The molecule has 0 saturated heterocycles. The van der Waals surface area contributed by atoms with Gasteiger partial charge in [-0.15, -0.1) is 0 Å². The number of quaternary nitrogens is 1. The van der Waals surface area contributed by atoms with Crippen molar-refractivity contribution in [2.75, 3.05) is 47.5 Å². The number of hydrogen-bond donors (Lipinski definition) is 1. The molecule has 0 rings (SSSR count). The monoisotopic (exact) mass is 1250 g/mol. The molecule has 0 aliphatic heterocycles. The lowest BCUT2D eigenvalue weighted by molar-refractivity contribution is -0.870. The van der Waals surface area contributed by atoms with E-state index in [4.69, 9.17) is 18.9 Å². The molecule has 1 N–H and O–H groups in total. The summed E-state index contributed by atoms with van der Waals surface area (Å²) in [6.07, 6.45) is 85.2. The minimum Gasteiger partial charge on any atom is -0.477 e. The van der Waals surface area contributed by atoms with Gasteiger partial charge >= 0.3 is 17.9 Å². The van der Waals surface area contributed by atoms with Crippen LogP contribution in [0.25, 0.3) is 0 Å². The lowest BCUT2D eigenvalue weighted by Crippen LogP contribution is -2.40. The zero-order valence-electron chi connectivity index (χ0n) is 59.9. The van der Waals surface area contributed by atoms with E-state index in [-0.39, 0.29) is 38.2 Å². The molecule has 88 heavy (non-hydrogen) atoms.